The highest BCUT2D eigenvalue weighted by molar-refractivity contribution is 6.35. The number of rotatable bonds is 0. The molecule has 0 fully saturated rings. The van der Waals surface area contributed by atoms with E-state index in [1.165, 1.54) is 10.9 Å². The predicted octanol–water partition coefficient (Wildman–Crippen LogP) is 0.630. The van der Waals surface area contributed by atoms with Gasteiger partial charge in [0, 0.05) is 21.1 Å². The molecular weight excluding hydrogens is 371 g/mol. The smallest absolute Gasteiger partial charge is 0.329 e. The van der Waals surface area contributed by atoms with E-state index in [1.54, 1.807) is 29.6 Å². The second-order valence-corrected chi connectivity index (χ2v) is 5.85. The molecule has 10 nitrogen and oxygen atoms in total. The molecule has 4 aromatic heterocycles. The third kappa shape index (κ3) is 3.01. The van der Waals surface area contributed by atoms with E-state index < -0.39 is 11.2 Å². The van der Waals surface area contributed by atoms with Crippen molar-refractivity contribution in [3.8, 4) is 0 Å². The molecule has 0 aliphatic carbocycles. The van der Waals surface area contributed by atoms with Crippen molar-refractivity contribution in [1.29, 1.82) is 0 Å². The van der Waals surface area contributed by atoms with E-state index in [0.29, 0.717) is 27.5 Å². The van der Waals surface area contributed by atoms with Gasteiger partial charge in [0.1, 0.15) is 5.52 Å². The van der Waals surface area contributed by atoms with Crippen LogP contribution in [0.1, 0.15) is 0 Å². The van der Waals surface area contributed by atoms with E-state index in [-0.39, 0.29) is 5.28 Å². The van der Waals surface area contributed by atoms with Crippen molar-refractivity contribution in [3.05, 3.63) is 43.9 Å². The average molecular weight is 383 g/mol. The zero-order valence-corrected chi connectivity index (χ0v) is 14.9. The molecule has 4 aromatic rings. The van der Waals surface area contributed by atoms with Crippen LogP contribution in [0.15, 0.2) is 22.2 Å². The lowest BCUT2D eigenvalue weighted by Gasteiger charge is -1.97. The first-order chi connectivity index (χ1) is 11.8. The van der Waals surface area contributed by atoms with Gasteiger partial charge in [-0.1, -0.05) is 11.6 Å². The number of aryl methyl sites for hydroxylation is 3. The fourth-order valence-electron chi connectivity index (χ4n) is 2.25. The van der Waals surface area contributed by atoms with Gasteiger partial charge in [0.05, 0.1) is 12.7 Å². The summed E-state index contributed by atoms with van der Waals surface area (Å²) in [6, 6.07) is 0. The van der Waals surface area contributed by atoms with Gasteiger partial charge in [-0.05, 0) is 11.6 Å². The lowest BCUT2D eigenvalue weighted by atomic mass is 10.5. The van der Waals surface area contributed by atoms with Gasteiger partial charge in [0.25, 0.3) is 5.56 Å². The molecule has 4 rings (SSSR count). The van der Waals surface area contributed by atoms with Gasteiger partial charge in [-0.25, -0.2) is 19.7 Å². The van der Waals surface area contributed by atoms with Crippen LogP contribution in [0.25, 0.3) is 22.3 Å². The fraction of sp³-hybridized carbons (Fsp3) is 0.231. The number of hydrogen-bond acceptors (Lipinski definition) is 6. The third-order valence-corrected chi connectivity index (χ3v) is 3.91. The van der Waals surface area contributed by atoms with Gasteiger partial charge in [-0.15, -0.1) is 0 Å². The summed E-state index contributed by atoms with van der Waals surface area (Å²) in [6.07, 6.45) is 3.11. The Bertz CT molecular complexity index is 1200. The average Bonchev–Trinajstić information content (AvgIpc) is 3.09. The first kappa shape index (κ1) is 17.1. The summed E-state index contributed by atoms with van der Waals surface area (Å²) in [5.41, 5.74) is 1.16. The van der Waals surface area contributed by atoms with Crippen LogP contribution in [0, 0.1) is 0 Å². The molecule has 0 aromatic carbocycles. The van der Waals surface area contributed by atoms with Crippen molar-refractivity contribution < 1.29 is 0 Å². The fourth-order valence-corrected chi connectivity index (χ4v) is 2.75. The standard InChI is InChI=1S/C7H8N4O2.C6H4Cl2N4/c1-10-3-8-5-4(10)6(12)9-7(13)11(5)2;1-12-2-9-5-3(12)4(7)10-6(8)11-5/h3H,1-2H3,(H,9,12,13);2H,1H3. The first-order valence-electron chi connectivity index (χ1n) is 6.90. The van der Waals surface area contributed by atoms with Gasteiger partial charge in [0.2, 0.25) is 5.28 Å². The number of nitrogens with one attached hydrogen (secondary N) is 1. The Hall–Kier alpha value is -2.72. The summed E-state index contributed by atoms with van der Waals surface area (Å²) >= 11 is 11.4. The zero-order chi connectivity index (χ0) is 18.3. The lowest BCUT2D eigenvalue weighted by molar-refractivity contribution is 0.829. The van der Waals surface area contributed by atoms with Crippen LogP contribution in [-0.2, 0) is 21.1 Å². The summed E-state index contributed by atoms with van der Waals surface area (Å²) in [6.45, 7) is 0. The number of hydrogen-bond donors (Lipinski definition) is 1. The Kier molecular flexibility index (Phi) is 4.31. The Morgan fingerprint density at radius 3 is 2.32 bits per heavy atom. The highest BCUT2D eigenvalue weighted by Crippen LogP contribution is 2.19. The second kappa shape index (κ2) is 6.30. The summed E-state index contributed by atoms with van der Waals surface area (Å²) in [7, 11) is 5.08. The molecule has 0 atom stereocenters. The molecule has 0 saturated carbocycles. The Labute approximate surface area is 149 Å². The van der Waals surface area contributed by atoms with E-state index in [1.807, 2.05) is 7.05 Å². The molecule has 0 bridgehead atoms. The monoisotopic (exact) mass is 382 g/mol. The van der Waals surface area contributed by atoms with Crippen LogP contribution in [0.5, 0.6) is 0 Å². The van der Waals surface area contributed by atoms with Crippen LogP contribution in [0.3, 0.4) is 0 Å². The zero-order valence-electron chi connectivity index (χ0n) is 13.4. The molecule has 0 aliphatic heterocycles. The molecule has 0 aliphatic rings. The molecule has 0 amide bonds. The van der Waals surface area contributed by atoms with E-state index in [0.717, 1.165) is 0 Å². The van der Waals surface area contributed by atoms with Crippen LogP contribution in [0.2, 0.25) is 10.4 Å². The summed E-state index contributed by atoms with van der Waals surface area (Å²) in [5.74, 6) is 0. The first-order valence-corrected chi connectivity index (χ1v) is 7.65. The number of aromatic amines is 1. The van der Waals surface area contributed by atoms with Crippen LogP contribution in [-0.4, -0.2) is 38.6 Å². The maximum absolute atomic E-state index is 11.3. The highest BCUT2D eigenvalue weighted by atomic mass is 35.5. The van der Waals surface area contributed by atoms with Crippen LogP contribution in [0.4, 0.5) is 0 Å². The number of imidazole rings is 2. The Morgan fingerprint density at radius 2 is 1.60 bits per heavy atom. The quantitative estimate of drug-likeness (QED) is 0.352. The Balaban J connectivity index is 0.000000146. The minimum absolute atomic E-state index is 0.117. The normalized spacial score (nSPS) is 10.9. The van der Waals surface area contributed by atoms with Gasteiger partial charge in [0.15, 0.2) is 22.0 Å². The van der Waals surface area contributed by atoms with Gasteiger partial charge < -0.3 is 9.13 Å². The van der Waals surface area contributed by atoms with Crippen molar-refractivity contribution >= 4 is 45.5 Å². The molecule has 0 saturated heterocycles. The van der Waals surface area contributed by atoms with Gasteiger partial charge in [-0.2, -0.15) is 4.98 Å². The highest BCUT2D eigenvalue weighted by Gasteiger charge is 2.09. The maximum Gasteiger partial charge on any atom is 0.329 e. The number of H-pyrrole nitrogens is 1. The van der Waals surface area contributed by atoms with Crippen molar-refractivity contribution in [2.24, 2.45) is 21.1 Å². The predicted molar refractivity (Wildman–Crippen MR) is 92.9 cm³/mol. The maximum atomic E-state index is 11.3. The molecule has 1 N–H and O–H groups in total. The van der Waals surface area contributed by atoms with Crippen LogP contribution < -0.4 is 11.2 Å². The molecule has 0 unspecified atom stereocenters. The molecule has 12 heteroatoms. The summed E-state index contributed by atoms with van der Waals surface area (Å²) in [4.78, 5) is 40.2. The molecule has 0 spiro atoms. The Morgan fingerprint density at radius 1 is 0.960 bits per heavy atom. The summed E-state index contributed by atoms with van der Waals surface area (Å²) < 4.78 is 4.62. The third-order valence-electron chi connectivity index (χ3n) is 3.48. The van der Waals surface area contributed by atoms with Gasteiger partial charge >= 0.3 is 5.69 Å². The van der Waals surface area contributed by atoms with Crippen molar-refractivity contribution in [2.45, 2.75) is 0 Å². The lowest BCUT2D eigenvalue weighted by Crippen LogP contribution is -2.28. The molecule has 4 heterocycles. The van der Waals surface area contributed by atoms with Crippen molar-refractivity contribution in [2.75, 3.05) is 0 Å². The number of aromatic nitrogens is 8. The molecule has 25 heavy (non-hydrogen) atoms. The molecule has 130 valence electrons. The number of halogens is 2. The second-order valence-electron chi connectivity index (χ2n) is 5.16. The minimum atomic E-state index is -0.448. The van der Waals surface area contributed by atoms with E-state index in [9.17, 15) is 9.59 Å². The van der Waals surface area contributed by atoms with Crippen molar-refractivity contribution in [1.82, 2.24) is 38.6 Å². The van der Waals surface area contributed by atoms with Gasteiger partial charge in [-0.3, -0.25) is 14.3 Å². The van der Waals surface area contributed by atoms with E-state index in [2.05, 4.69) is 24.9 Å². The van der Waals surface area contributed by atoms with Crippen LogP contribution >= 0.6 is 23.2 Å². The summed E-state index contributed by atoms with van der Waals surface area (Å²) in [5, 5.41) is 0.441. The minimum Gasteiger partial charge on any atom is -0.330 e. The van der Waals surface area contributed by atoms with E-state index >= 15 is 0 Å². The molecule has 0 radical (unpaired) electrons. The number of nitrogens with zero attached hydrogens (tertiary/aromatic N) is 7. The SMILES string of the molecule is Cn1cnc2c1c(=O)[nH]c(=O)n2C.Cn1cnc2nc(Cl)nc(Cl)c21. The van der Waals surface area contributed by atoms with E-state index in [4.69, 9.17) is 23.2 Å². The number of fused-ring (bicyclic) bond motifs is 2. The topological polar surface area (TPSA) is 116 Å². The largest absolute Gasteiger partial charge is 0.330 e. The molecular formula is C13H12Cl2N8O2. The van der Waals surface area contributed by atoms with Crippen molar-refractivity contribution in [3.63, 3.8) is 0 Å².